The van der Waals surface area contributed by atoms with Gasteiger partial charge in [0.25, 0.3) is 11.6 Å². The summed E-state index contributed by atoms with van der Waals surface area (Å²) in [5, 5.41) is 24.4. The lowest BCUT2D eigenvalue weighted by Gasteiger charge is -2.12. The first-order valence-corrected chi connectivity index (χ1v) is 9.77. The summed E-state index contributed by atoms with van der Waals surface area (Å²) in [6.07, 6.45) is 4.41. The van der Waals surface area contributed by atoms with Crippen molar-refractivity contribution in [2.45, 2.75) is 13.0 Å². The topological polar surface area (TPSA) is 150 Å². The third-order valence-corrected chi connectivity index (χ3v) is 4.77. The Morgan fingerprint density at radius 3 is 2.27 bits per heavy atom. The van der Waals surface area contributed by atoms with E-state index in [2.05, 4.69) is 25.8 Å². The van der Waals surface area contributed by atoms with Gasteiger partial charge in [-0.3, -0.25) is 19.7 Å². The van der Waals surface area contributed by atoms with E-state index in [0.29, 0.717) is 17.1 Å². The second kappa shape index (κ2) is 9.09. The van der Waals surface area contributed by atoms with Crippen LogP contribution in [-0.4, -0.2) is 41.3 Å². The lowest BCUT2D eigenvalue weighted by molar-refractivity contribution is -0.384. The smallest absolute Gasteiger partial charge is 0.276 e. The number of hydrogen-bond donors (Lipinski definition) is 2. The molecule has 0 aliphatic heterocycles. The summed E-state index contributed by atoms with van der Waals surface area (Å²) in [6.45, 7) is 1.70. The van der Waals surface area contributed by atoms with E-state index in [1.54, 1.807) is 49.5 Å². The van der Waals surface area contributed by atoms with Gasteiger partial charge in [-0.2, -0.15) is 10.2 Å². The molecule has 33 heavy (non-hydrogen) atoms. The van der Waals surface area contributed by atoms with E-state index in [1.807, 2.05) is 0 Å². The van der Waals surface area contributed by atoms with Crippen molar-refractivity contribution in [1.29, 1.82) is 0 Å². The van der Waals surface area contributed by atoms with Gasteiger partial charge in [0.15, 0.2) is 5.69 Å². The molecule has 12 nitrogen and oxygen atoms in total. The van der Waals surface area contributed by atoms with Crippen molar-refractivity contribution < 1.29 is 14.5 Å². The van der Waals surface area contributed by atoms with Crippen LogP contribution in [0.3, 0.4) is 0 Å². The first kappa shape index (κ1) is 21.4. The summed E-state index contributed by atoms with van der Waals surface area (Å²) in [5.74, 6) is -0.679. The lowest BCUT2D eigenvalue weighted by atomic mass is 10.2. The fourth-order valence-electron chi connectivity index (χ4n) is 2.93. The number of aromatic nitrogens is 5. The van der Waals surface area contributed by atoms with Crippen molar-refractivity contribution in [2.24, 2.45) is 0 Å². The van der Waals surface area contributed by atoms with Gasteiger partial charge in [-0.05, 0) is 49.4 Å². The number of carbonyl (C=O) groups excluding carboxylic acids is 2. The molecule has 0 aliphatic carbocycles. The van der Waals surface area contributed by atoms with Gasteiger partial charge in [0, 0.05) is 29.7 Å². The van der Waals surface area contributed by atoms with Gasteiger partial charge in [-0.1, -0.05) is 0 Å². The minimum absolute atomic E-state index is 0.0311. The molecular weight excluding hydrogens is 428 g/mol. The van der Waals surface area contributed by atoms with Crippen molar-refractivity contribution in [3.8, 4) is 5.69 Å². The number of carbonyl (C=O) groups is 2. The van der Waals surface area contributed by atoms with Gasteiger partial charge in [-0.15, -0.1) is 0 Å². The monoisotopic (exact) mass is 446 g/mol. The maximum Gasteiger partial charge on any atom is 0.276 e. The van der Waals surface area contributed by atoms with Crippen molar-refractivity contribution in [3.05, 3.63) is 89.3 Å². The minimum atomic E-state index is -0.530. The number of nitrogens with one attached hydrogen (secondary N) is 2. The van der Waals surface area contributed by atoms with E-state index in [4.69, 9.17) is 0 Å². The van der Waals surface area contributed by atoms with Crippen LogP contribution in [0.5, 0.6) is 0 Å². The van der Waals surface area contributed by atoms with E-state index >= 15 is 0 Å². The highest BCUT2D eigenvalue weighted by Gasteiger charge is 2.16. The van der Waals surface area contributed by atoms with E-state index in [1.165, 1.54) is 40.2 Å². The Morgan fingerprint density at radius 2 is 1.67 bits per heavy atom. The lowest BCUT2D eigenvalue weighted by Crippen LogP contribution is -2.24. The van der Waals surface area contributed by atoms with Gasteiger partial charge in [0.1, 0.15) is 18.7 Å². The highest BCUT2D eigenvalue weighted by atomic mass is 16.6. The summed E-state index contributed by atoms with van der Waals surface area (Å²) in [6, 6.07) is 13.5. The number of non-ortho nitro benzene ring substituents is 1. The van der Waals surface area contributed by atoms with Gasteiger partial charge >= 0.3 is 0 Å². The van der Waals surface area contributed by atoms with Crippen molar-refractivity contribution >= 4 is 28.9 Å². The number of nitro benzene ring substituents is 1. The molecule has 166 valence electrons. The molecule has 2 amide bonds. The molecule has 2 N–H and O–H groups in total. The molecule has 0 saturated heterocycles. The Hall–Kier alpha value is -4.87. The molecule has 12 heteroatoms. The summed E-state index contributed by atoms with van der Waals surface area (Å²) < 4.78 is 2.90. The third kappa shape index (κ3) is 4.90. The molecule has 4 rings (SSSR count). The van der Waals surface area contributed by atoms with E-state index in [9.17, 15) is 19.7 Å². The van der Waals surface area contributed by atoms with Crippen LogP contribution >= 0.6 is 0 Å². The number of hydrogen-bond acceptors (Lipinski definition) is 7. The van der Waals surface area contributed by atoms with Crippen molar-refractivity contribution in [2.75, 3.05) is 10.6 Å². The fourth-order valence-corrected chi connectivity index (χ4v) is 2.93. The molecular formula is C21H18N8O4. The second-order valence-electron chi connectivity index (χ2n) is 6.99. The zero-order chi connectivity index (χ0) is 23.4. The van der Waals surface area contributed by atoms with Crippen molar-refractivity contribution in [1.82, 2.24) is 24.5 Å². The van der Waals surface area contributed by atoms with Gasteiger partial charge in [0.2, 0.25) is 5.91 Å². The zero-order valence-electron chi connectivity index (χ0n) is 17.3. The van der Waals surface area contributed by atoms with Gasteiger partial charge < -0.3 is 10.6 Å². The average molecular weight is 446 g/mol. The van der Waals surface area contributed by atoms with E-state index < -0.39 is 16.9 Å². The highest BCUT2D eigenvalue weighted by Crippen LogP contribution is 2.17. The molecule has 1 atom stereocenters. The van der Waals surface area contributed by atoms with Crippen LogP contribution < -0.4 is 10.6 Å². The maximum atomic E-state index is 12.5. The van der Waals surface area contributed by atoms with Crippen LogP contribution in [0, 0.1) is 10.1 Å². The molecule has 0 aliphatic rings. The number of nitrogens with zero attached hydrogens (tertiary/aromatic N) is 6. The Labute approximate surface area is 187 Å². The Balaban J connectivity index is 1.37. The number of nitro groups is 1. The molecule has 2 aromatic carbocycles. The number of anilines is 2. The molecule has 0 saturated carbocycles. The number of benzene rings is 2. The fraction of sp³-hybridized carbons (Fsp3) is 0.0952. The Kier molecular flexibility index (Phi) is 5.89. The quantitative estimate of drug-likeness (QED) is 0.327. The summed E-state index contributed by atoms with van der Waals surface area (Å²) in [4.78, 5) is 39.0. The maximum absolute atomic E-state index is 12.5. The Morgan fingerprint density at radius 1 is 1.00 bits per heavy atom. The Bertz CT molecular complexity index is 1280. The summed E-state index contributed by atoms with van der Waals surface area (Å²) in [7, 11) is 0. The molecule has 0 radical (unpaired) electrons. The average Bonchev–Trinajstić information content (AvgIpc) is 3.52. The number of rotatable bonds is 7. The minimum Gasteiger partial charge on any atom is -0.324 e. The van der Waals surface area contributed by atoms with Crippen molar-refractivity contribution in [3.63, 3.8) is 0 Å². The predicted molar refractivity (Wildman–Crippen MR) is 118 cm³/mol. The molecule has 0 bridgehead atoms. The van der Waals surface area contributed by atoms with Gasteiger partial charge in [-0.25, -0.2) is 14.3 Å². The van der Waals surface area contributed by atoms with Crippen LogP contribution in [0.4, 0.5) is 17.1 Å². The SMILES string of the molecule is CC(C(=O)Nc1ccc(NC(=O)c2ccn(-c3ccc([N+](=O)[O-])cc3)n2)cc1)n1cncn1. The van der Waals surface area contributed by atoms with Crippen LogP contribution in [0.1, 0.15) is 23.5 Å². The molecule has 1 unspecified atom stereocenters. The van der Waals surface area contributed by atoms with Gasteiger partial charge in [0.05, 0.1) is 10.6 Å². The van der Waals surface area contributed by atoms with Crippen LogP contribution in [-0.2, 0) is 4.79 Å². The van der Waals surface area contributed by atoms with Crippen LogP contribution in [0.2, 0.25) is 0 Å². The molecule has 4 aromatic rings. The number of amides is 2. The summed E-state index contributed by atoms with van der Waals surface area (Å²) in [5.41, 5.74) is 1.81. The highest BCUT2D eigenvalue weighted by molar-refractivity contribution is 6.03. The normalized spacial score (nSPS) is 11.5. The first-order valence-electron chi connectivity index (χ1n) is 9.77. The van der Waals surface area contributed by atoms with Crippen LogP contribution in [0.15, 0.2) is 73.4 Å². The van der Waals surface area contributed by atoms with E-state index in [-0.39, 0.29) is 17.3 Å². The van der Waals surface area contributed by atoms with E-state index in [0.717, 1.165) is 0 Å². The standard InChI is InChI=1S/C21H18N8O4/c1-14(28-13-22-12-23-28)20(30)24-15-2-4-16(5-3-15)25-21(31)19-10-11-27(26-19)17-6-8-18(9-7-17)29(32)33/h2-14H,1H3,(H,24,30)(H,25,31). The molecule has 2 heterocycles. The first-order chi connectivity index (χ1) is 15.9. The second-order valence-corrected chi connectivity index (χ2v) is 6.99. The molecule has 0 spiro atoms. The predicted octanol–water partition coefficient (Wildman–Crippen LogP) is 2.82. The molecule has 0 fully saturated rings. The summed E-state index contributed by atoms with van der Waals surface area (Å²) >= 11 is 0. The molecule has 2 aromatic heterocycles. The van der Waals surface area contributed by atoms with Crippen LogP contribution in [0.25, 0.3) is 5.69 Å². The third-order valence-electron chi connectivity index (χ3n) is 4.77. The zero-order valence-corrected chi connectivity index (χ0v) is 17.3. The largest absolute Gasteiger partial charge is 0.324 e.